The van der Waals surface area contributed by atoms with Gasteiger partial charge in [-0.05, 0) is 83.8 Å². The molecular formula is C33H38O2Si2. The Morgan fingerprint density at radius 1 is 0.514 bits per heavy atom. The second kappa shape index (κ2) is 9.84. The Bertz CT molecular complexity index is 1310. The predicted molar refractivity (Wildman–Crippen MR) is 161 cm³/mol. The molecule has 0 aliphatic heterocycles. The van der Waals surface area contributed by atoms with Crippen LogP contribution in [0.4, 0.5) is 0 Å². The van der Waals surface area contributed by atoms with Crippen LogP contribution >= 0.6 is 0 Å². The number of benzene rings is 4. The van der Waals surface area contributed by atoms with Crippen molar-refractivity contribution in [3.05, 3.63) is 119 Å². The lowest BCUT2D eigenvalue weighted by Gasteiger charge is -2.38. The summed E-state index contributed by atoms with van der Waals surface area (Å²) in [6.45, 7) is 14.9. The van der Waals surface area contributed by atoms with Gasteiger partial charge >= 0.3 is 0 Å². The average Bonchev–Trinajstić information content (AvgIpc) is 3.17. The van der Waals surface area contributed by atoms with Crippen LogP contribution in [0.5, 0.6) is 0 Å². The van der Waals surface area contributed by atoms with Crippen molar-refractivity contribution in [3.63, 3.8) is 0 Å². The minimum Gasteiger partial charge on any atom is -0.412 e. The van der Waals surface area contributed by atoms with Crippen LogP contribution in [-0.2, 0) is 14.3 Å². The number of fused-ring (bicyclic) bond motifs is 3. The summed E-state index contributed by atoms with van der Waals surface area (Å²) >= 11 is 0. The Kier molecular flexibility index (Phi) is 6.88. The van der Waals surface area contributed by atoms with E-state index in [2.05, 4.69) is 137 Å². The van der Waals surface area contributed by atoms with Crippen LogP contribution in [0.1, 0.15) is 22.3 Å². The fraction of sp³-hybridized carbons (Fsp3) is 0.273. The smallest absolute Gasteiger partial charge is 0.218 e. The van der Waals surface area contributed by atoms with Crippen molar-refractivity contribution in [2.45, 2.75) is 45.5 Å². The second-order valence-corrected chi connectivity index (χ2v) is 19.1. The van der Waals surface area contributed by atoms with E-state index in [1.54, 1.807) is 0 Å². The van der Waals surface area contributed by atoms with E-state index < -0.39 is 16.6 Å². The van der Waals surface area contributed by atoms with E-state index >= 15 is 0 Å². The molecule has 0 amide bonds. The molecule has 0 saturated heterocycles. The first kappa shape index (κ1) is 25.9. The van der Waals surface area contributed by atoms with Gasteiger partial charge in [0, 0.05) is 0 Å². The van der Waals surface area contributed by atoms with Gasteiger partial charge in [0.1, 0.15) is 0 Å². The van der Waals surface area contributed by atoms with Crippen LogP contribution in [0, 0.1) is 13.8 Å². The summed E-state index contributed by atoms with van der Waals surface area (Å²) in [7, 11) is -4.35. The molecule has 0 heterocycles. The molecule has 37 heavy (non-hydrogen) atoms. The maximum absolute atomic E-state index is 7.07. The molecule has 1 aliphatic carbocycles. The minimum atomic E-state index is -2.17. The average molecular weight is 523 g/mol. The lowest BCUT2D eigenvalue weighted by Crippen LogP contribution is -2.53. The molecular weight excluding hydrogens is 485 g/mol. The monoisotopic (exact) mass is 522 g/mol. The minimum absolute atomic E-state index is 0.354. The number of aryl methyl sites for hydroxylation is 2. The molecule has 4 aromatic rings. The summed E-state index contributed by atoms with van der Waals surface area (Å²) < 4.78 is 14.1. The van der Waals surface area contributed by atoms with Crippen molar-refractivity contribution >= 4 is 27.0 Å². The van der Waals surface area contributed by atoms with Gasteiger partial charge in [0.2, 0.25) is 16.6 Å². The summed E-state index contributed by atoms with van der Waals surface area (Å²) in [6, 6.07) is 35.1. The maximum Gasteiger partial charge on any atom is 0.218 e. The van der Waals surface area contributed by atoms with E-state index in [1.165, 1.54) is 43.8 Å². The Balaban J connectivity index is 1.57. The molecule has 5 rings (SSSR count). The van der Waals surface area contributed by atoms with Crippen LogP contribution in [-0.4, -0.2) is 29.8 Å². The van der Waals surface area contributed by atoms with Gasteiger partial charge in [0.25, 0.3) is 0 Å². The van der Waals surface area contributed by atoms with E-state index in [-0.39, 0.29) is 5.41 Å². The van der Waals surface area contributed by atoms with Gasteiger partial charge in [-0.25, -0.2) is 0 Å². The molecule has 2 nitrogen and oxygen atoms in total. The van der Waals surface area contributed by atoms with E-state index in [0.29, 0.717) is 13.2 Å². The molecule has 0 atom stereocenters. The molecule has 0 aromatic heterocycles. The van der Waals surface area contributed by atoms with E-state index in [9.17, 15) is 0 Å². The lowest BCUT2D eigenvalue weighted by molar-refractivity contribution is 0.167. The van der Waals surface area contributed by atoms with E-state index in [1.807, 2.05) is 0 Å². The van der Waals surface area contributed by atoms with Crippen LogP contribution in [0.2, 0.25) is 26.2 Å². The molecule has 0 bridgehead atoms. The van der Waals surface area contributed by atoms with Crippen LogP contribution < -0.4 is 10.4 Å². The van der Waals surface area contributed by atoms with Crippen molar-refractivity contribution in [1.29, 1.82) is 0 Å². The van der Waals surface area contributed by atoms with Gasteiger partial charge < -0.3 is 8.85 Å². The van der Waals surface area contributed by atoms with Gasteiger partial charge in [-0.3, -0.25) is 0 Å². The fourth-order valence-electron chi connectivity index (χ4n) is 6.03. The van der Waals surface area contributed by atoms with Gasteiger partial charge in [-0.2, -0.15) is 0 Å². The highest BCUT2D eigenvalue weighted by Crippen LogP contribution is 2.49. The summed E-state index contributed by atoms with van der Waals surface area (Å²) in [5, 5.41) is 2.72. The summed E-state index contributed by atoms with van der Waals surface area (Å²) in [5.41, 5.74) is 7.51. The molecule has 190 valence electrons. The Morgan fingerprint density at radius 2 is 0.865 bits per heavy atom. The van der Waals surface area contributed by atoms with Crippen molar-refractivity contribution in [1.82, 2.24) is 0 Å². The Labute approximate surface area is 224 Å². The van der Waals surface area contributed by atoms with Crippen molar-refractivity contribution in [2.75, 3.05) is 13.2 Å². The highest BCUT2D eigenvalue weighted by atomic mass is 28.4. The summed E-state index contributed by atoms with van der Waals surface area (Å²) in [5.74, 6) is 0. The van der Waals surface area contributed by atoms with Gasteiger partial charge in [0.15, 0.2) is 0 Å². The third kappa shape index (κ3) is 4.68. The second-order valence-electron chi connectivity index (χ2n) is 11.4. The molecule has 0 radical (unpaired) electrons. The van der Waals surface area contributed by atoms with Crippen molar-refractivity contribution in [2.24, 2.45) is 0 Å². The molecule has 0 N–H and O–H groups in total. The fourth-order valence-corrected chi connectivity index (χ4v) is 10.6. The lowest BCUT2D eigenvalue weighted by atomic mass is 9.80. The molecule has 0 saturated carbocycles. The largest absolute Gasteiger partial charge is 0.412 e. The summed E-state index contributed by atoms with van der Waals surface area (Å²) in [4.78, 5) is 0. The van der Waals surface area contributed by atoms with E-state index in [0.717, 1.165) is 0 Å². The van der Waals surface area contributed by atoms with Gasteiger partial charge in [-0.1, -0.05) is 97.1 Å². The predicted octanol–water partition coefficient (Wildman–Crippen LogP) is 6.83. The van der Waals surface area contributed by atoms with Crippen LogP contribution in [0.25, 0.3) is 11.1 Å². The summed E-state index contributed by atoms with van der Waals surface area (Å²) in [6.07, 6.45) is 0. The molecule has 1 aliphatic rings. The topological polar surface area (TPSA) is 18.5 Å². The maximum atomic E-state index is 7.07. The Morgan fingerprint density at radius 3 is 1.27 bits per heavy atom. The van der Waals surface area contributed by atoms with Crippen molar-refractivity contribution < 1.29 is 8.85 Å². The van der Waals surface area contributed by atoms with Crippen LogP contribution in [0.15, 0.2) is 97.1 Å². The third-order valence-corrected chi connectivity index (χ3v) is 13.6. The number of rotatable bonds is 8. The quantitative estimate of drug-likeness (QED) is 0.236. The first-order chi connectivity index (χ1) is 17.7. The van der Waals surface area contributed by atoms with Gasteiger partial charge in [0.05, 0.1) is 18.6 Å². The normalized spacial score (nSPS) is 14.3. The first-order valence-electron chi connectivity index (χ1n) is 13.3. The highest BCUT2D eigenvalue weighted by Gasteiger charge is 2.46. The van der Waals surface area contributed by atoms with Gasteiger partial charge in [-0.15, -0.1) is 0 Å². The third-order valence-electron chi connectivity index (χ3n) is 8.12. The van der Waals surface area contributed by atoms with Crippen LogP contribution in [0.3, 0.4) is 0 Å². The highest BCUT2D eigenvalue weighted by molar-refractivity contribution is 6.85. The van der Waals surface area contributed by atoms with E-state index in [4.69, 9.17) is 8.85 Å². The first-order valence-corrected chi connectivity index (χ1v) is 19.1. The molecule has 0 fully saturated rings. The molecule has 0 unspecified atom stereocenters. The SMILES string of the molecule is Cc1ccccc1[Si](C)(C)OCC1(CO[Si](C)(C)c2ccccc2C)c2ccccc2-c2ccccc21. The molecule has 4 aromatic carbocycles. The standard InChI is InChI=1S/C33H38O2Si2/c1-25-15-7-13-21-31(25)36(3,4)34-23-33(24-35-37(5,6)32-22-14-8-16-26(32)2)29-19-11-9-17-27(29)28-18-10-12-20-30(28)33/h7-22H,23-24H2,1-6H3. The number of hydrogen-bond donors (Lipinski definition) is 0. The number of hydrogen-bond acceptors (Lipinski definition) is 2. The molecule has 0 spiro atoms. The molecule has 4 heteroatoms. The zero-order valence-corrected chi connectivity index (χ0v) is 25.0. The zero-order chi connectivity index (χ0) is 26.3. The van der Waals surface area contributed by atoms with Crippen molar-refractivity contribution in [3.8, 4) is 11.1 Å². The Hall–Kier alpha value is -2.77. The zero-order valence-electron chi connectivity index (χ0n) is 23.0.